The van der Waals surface area contributed by atoms with Crippen LogP contribution in [0.25, 0.3) is 11.0 Å². The molecule has 0 aliphatic carbocycles. The van der Waals surface area contributed by atoms with E-state index < -0.39 is 11.9 Å². The minimum atomic E-state index is -0.730. The average molecular weight is 471 g/mol. The second kappa shape index (κ2) is 9.25. The highest BCUT2D eigenvalue weighted by molar-refractivity contribution is 6.10. The number of aryl methyl sites for hydroxylation is 1. The maximum absolute atomic E-state index is 13.7. The Morgan fingerprint density at radius 1 is 0.971 bits per heavy atom. The lowest BCUT2D eigenvalue weighted by molar-refractivity contribution is 0.0970. The van der Waals surface area contributed by atoms with Gasteiger partial charge in [0.2, 0.25) is 5.76 Å². The molecule has 1 atom stereocenters. The van der Waals surface area contributed by atoms with E-state index in [9.17, 15) is 9.59 Å². The summed E-state index contributed by atoms with van der Waals surface area (Å²) in [5.41, 5.74) is 1.89. The molecule has 0 N–H and O–H groups in total. The number of para-hydroxylation sites is 1. The Bertz CT molecular complexity index is 1480. The molecule has 2 aromatic carbocycles. The molecular formula is C28H26N2O5. The largest absolute Gasteiger partial charge is 0.490 e. The molecule has 2 aromatic heterocycles. The highest BCUT2D eigenvalue weighted by Gasteiger charge is 2.44. The quantitative estimate of drug-likeness (QED) is 0.358. The lowest BCUT2D eigenvalue weighted by Crippen LogP contribution is -2.30. The van der Waals surface area contributed by atoms with Gasteiger partial charge in [0.25, 0.3) is 5.91 Å². The summed E-state index contributed by atoms with van der Waals surface area (Å²) in [6.45, 7) is 6.79. The van der Waals surface area contributed by atoms with Crippen LogP contribution in [0, 0.1) is 6.92 Å². The molecule has 0 bridgehead atoms. The van der Waals surface area contributed by atoms with Gasteiger partial charge < -0.3 is 13.9 Å². The predicted molar refractivity (Wildman–Crippen MR) is 134 cm³/mol. The Hall–Kier alpha value is -4.13. The Morgan fingerprint density at radius 2 is 1.80 bits per heavy atom. The monoisotopic (exact) mass is 470 g/mol. The van der Waals surface area contributed by atoms with Gasteiger partial charge in [-0.2, -0.15) is 0 Å². The minimum absolute atomic E-state index is 0.0336. The van der Waals surface area contributed by atoms with Gasteiger partial charge in [0, 0.05) is 5.69 Å². The molecular weight excluding hydrogens is 444 g/mol. The molecule has 5 rings (SSSR count). The second-order valence-corrected chi connectivity index (χ2v) is 8.37. The summed E-state index contributed by atoms with van der Waals surface area (Å²) >= 11 is 0. The molecule has 35 heavy (non-hydrogen) atoms. The molecule has 0 saturated carbocycles. The summed E-state index contributed by atoms with van der Waals surface area (Å²) in [6.07, 6.45) is 0.860. The molecule has 1 unspecified atom stereocenters. The summed E-state index contributed by atoms with van der Waals surface area (Å²) in [5.74, 6) is 1.25. The van der Waals surface area contributed by atoms with E-state index in [1.165, 1.54) is 4.90 Å². The van der Waals surface area contributed by atoms with E-state index >= 15 is 0 Å². The van der Waals surface area contributed by atoms with Crippen molar-refractivity contribution in [3.8, 4) is 11.5 Å². The molecule has 1 amide bonds. The Balaban J connectivity index is 1.75. The number of rotatable bonds is 7. The van der Waals surface area contributed by atoms with E-state index in [4.69, 9.17) is 13.9 Å². The SMILES string of the molecule is CCCOc1ccc(C2c3c(oc4ccccc4c3=O)C(=O)N2c2cccc(C)n2)cc1OCC. The van der Waals surface area contributed by atoms with E-state index in [-0.39, 0.29) is 11.2 Å². The summed E-state index contributed by atoms with van der Waals surface area (Å²) < 4.78 is 17.7. The van der Waals surface area contributed by atoms with Crippen molar-refractivity contribution in [1.82, 2.24) is 4.98 Å². The predicted octanol–water partition coefficient (Wildman–Crippen LogP) is 5.43. The number of carbonyl (C=O) groups is 1. The molecule has 0 saturated heterocycles. The molecule has 178 valence electrons. The van der Waals surface area contributed by atoms with E-state index in [0.717, 1.165) is 12.1 Å². The molecule has 3 heterocycles. The van der Waals surface area contributed by atoms with Gasteiger partial charge in [-0.05, 0) is 62.2 Å². The van der Waals surface area contributed by atoms with Crippen LogP contribution in [-0.2, 0) is 0 Å². The van der Waals surface area contributed by atoms with Crippen LogP contribution in [0.4, 0.5) is 5.82 Å². The maximum atomic E-state index is 13.7. The van der Waals surface area contributed by atoms with E-state index in [0.29, 0.717) is 52.6 Å². The number of anilines is 1. The van der Waals surface area contributed by atoms with Crippen molar-refractivity contribution in [2.75, 3.05) is 18.1 Å². The van der Waals surface area contributed by atoms with Crippen molar-refractivity contribution in [1.29, 1.82) is 0 Å². The zero-order valence-electron chi connectivity index (χ0n) is 19.9. The number of ether oxygens (including phenoxy) is 2. The molecule has 7 nitrogen and oxygen atoms in total. The molecule has 7 heteroatoms. The fraction of sp³-hybridized carbons (Fsp3) is 0.250. The van der Waals surface area contributed by atoms with Crippen molar-refractivity contribution >= 4 is 22.7 Å². The third kappa shape index (κ3) is 3.93. The Morgan fingerprint density at radius 3 is 2.57 bits per heavy atom. The van der Waals surface area contributed by atoms with Crippen molar-refractivity contribution in [3.05, 3.63) is 93.5 Å². The number of hydrogen-bond donors (Lipinski definition) is 0. The number of fused-ring (bicyclic) bond motifs is 2. The standard InChI is InChI=1S/C28H26N2O5/c1-4-15-34-21-14-13-18(16-22(21)33-5-2)25-24-26(31)19-10-6-7-11-20(19)35-27(24)28(32)30(25)23-12-8-9-17(3)29-23/h6-14,16,25H,4-5,15H2,1-3H3. The van der Waals surface area contributed by atoms with Crippen molar-refractivity contribution in [2.24, 2.45) is 0 Å². The topological polar surface area (TPSA) is 81.9 Å². The summed E-state index contributed by atoms with van der Waals surface area (Å²) in [6, 6.07) is 17.2. The lowest BCUT2D eigenvalue weighted by atomic mass is 9.98. The summed E-state index contributed by atoms with van der Waals surface area (Å²) in [4.78, 5) is 33.5. The Kier molecular flexibility index (Phi) is 5.99. The van der Waals surface area contributed by atoms with Crippen LogP contribution in [0.5, 0.6) is 11.5 Å². The van der Waals surface area contributed by atoms with E-state index in [1.807, 2.05) is 51.1 Å². The van der Waals surface area contributed by atoms with Crippen molar-refractivity contribution in [2.45, 2.75) is 33.2 Å². The second-order valence-electron chi connectivity index (χ2n) is 8.37. The molecule has 4 aromatic rings. The molecule has 1 aliphatic heterocycles. The van der Waals surface area contributed by atoms with Crippen molar-refractivity contribution < 1.29 is 18.7 Å². The molecule has 0 spiro atoms. The zero-order chi connectivity index (χ0) is 24.5. The van der Waals surface area contributed by atoms with Crippen LogP contribution in [0.15, 0.2) is 69.9 Å². The molecule has 0 radical (unpaired) electrons. The number of aromatic nitrogens is 1. The zero-order valence-corrected chi connectivity index (χ0v) is 19.9. The van der Waals surface area contributed by atoms with Crippen molar-refractivity contribution in [3.63, 3.8) is 0 Å². The van der Waals surface area contributed by atoms with Gasteiger partial charge in [0.1, 0.15) is 11.4 Å². The first kappa shape index (κ1) is 22.7. The first-order chi connectivity index (χ1) is 17.0. The van der Waals surface area contributed by atoms with Gasteiger partial charge in [-0.3, -0.25) is 14.5 Å². The molecule has 1 aliphatic rings. The molecule has 0 fully saturated rings. The smallest absolute Gasteiger partial charge is 0.296 e. The fourth-order valence-electron chi connectivity index (χ4n) is 4.43. The van der Waals surface area contributed by atoms with Gasteiger partial charge in [0.15, 0.2) is 16.9 Å². The summed E-state index contributed by atoms with van der Waals surface area (Å²) in [7, 11) is 0. The van der Waals surface area contributed by atoms with Crippen LogP contribution in [-0.4, -0.2) is 24.1 Å². The van der Waals surface area contributed by atoms with Crippen LogP contribution in [0.2, 0.25) is 0 Å². The van der Waals surface area contributed by atoms with Gasteiger partial charge in [-0.15, -0.1) is 0 Å². The van der Waals surface area contributed by atoms with E-state index in [1.54, 1.807) is 30.3 Å². The highest BCUT2D eigenvalue weighted by Crippen LogP contribution is 2.42. The van der Waals surface area contributed by atoms with E-state index in [2.05, 4.69) is 4.98 Å². The number of pyridine rings is 1. The maximum Gasteiger partial charge on any atom is 0.296 e. The number of amides is 1. The normalized spacial score (nSPS) is 14.9. The third-order valence-corrected chi connectivity index (χ3v) is 5.94. The van der Waals surface area contributed by atoms with Crippen LogP contribution in [0.3, 0.4) is 0 Å². The van der Waals surface area contributed by atoms with Gasteiger partial charge >= 0.3 is 0 Å². The van der Waals surface area contributed by atoms with Crippen LogP contribution >= 0.6 is 0 Å². The lowest BCUT2D eigenvalue weighted by Gasteiger charge is -2.25. The van der Waals surface area contributed by atoms with Crippen LogP contribution < -0.4 is 19.8 Å². The third-order valence-electron chi connectivity index (χ3n) is 5.94. The first-order valence-electron chi connectivity index (χ1n) is 11.8. The number of carbonyl (C=O) groups excluding carboxylic acids is 1. The van der Waals surface area contributed by atoms with Gasteiger partial charge in [-0.1, -0.05) is 31.2 Å². The van der Waals surface area contributed by atoms with Gasteiger partial charge in [-0.25, -0.2) is 4.98 Å². The van der Waals surface area contributed by atoms with Crippen LogP contribution in [0.1, 0.15) is 53.7 Å². The number of hydrogen-bond acceptors (Lipinski definition) is 6. The first-order valence-corrected chi connectivity index (χ1v) is 11.8. The average Bonchev–Trinajstić information content (AvgIpc) is 3.16. The Labute approximate surface area is 202 Å². The van der Waals surface area contributed by atoms with Gasteiger partial charge in [0.05, 0.1) is 30.2 Å². The minimum Gasteiger partial charge on any atom is -0.490 e. The number of benzene rings is 2. The fourth-order valence-corrected chi connectivity index (χ4v) is 4.43. The number of nitrogens with zero attached hydrogens (tertiary/aromatic N) is 2. The highest BCUT2D eigenvalue weighted by atomic mass is 16.5. The summed E-state index contributed by atoms with van der Waals surface area (Å²) in [5, 5.41) is 0.427.